The molecule has 0 aliphatic carbocycles. The van der Waals surface area contributed by atoms with Crippen LogP contribution in [-0.4, -0.2) is 16.3 Å². The molecular formula is C18H27N3. The summed E-state index contributed by atoms with van der Waals surface area (Å²) in [4.78, 5) is 0. The highest BCUT2D eigenvalue weighted by atomic mass is 15.3. The topological polar surface area (TPSA) is 29.9 Å². The number of hydrogen-bond acceptors (Lipinski definition) is 2. The van der Waals surface area contributed by atoms with Gasteiger partial charge < -0.3 is 5.32 Å². The highest BCUT2D eigenvalue weighted by molar-refractivity contribution is 5.72. The second kappa shape index (κ2) is 6.90. The van der Waals surface area contributed by atoms with Crippen molar-refractivity contribution in [1.82, 2.24) is 15.1 Å². The Morgan fingerprint density at radius 3 is 2.52 bits per heavy atom. The minimum Gasteiger partial charge on any atom is -0.313 e. The Morgan fingerprint density at radius 2 is 1.90 bits per heavy atom. The standard InChI is InChI=1S/C18H27N3/c1-6-10-19-12-16-9-8-13(3)17(11-16)18-14(4)20-21(7-2)15(18)5/h8-9,11,19H,6-7,10,12H2,1-5H3. The Morgan fingerprint density at radius 1 is 1.14 bits per heavy atom. The third-order valence-corrected chi connectivity index (χ3v) is 4.01. The van der Waals surface area contributed by atoms with Gasteiger partial charge in [-0.15, -0.1) is 0 Å². The molecule has 0 saturated carbocycles. The number of rotatable bonds is 6. The van der Waals surface area contributed by atoms with E-state index in [-0.39, 0.29) is 0 Å². The number of nitrogens with zero attached hydrogens (tertiary/aromatic N) is 2. The Balaban J connectivity index is 2.39. The fraction of sp³-hybridized carbons (Fsp3) is 0.500. The summed E-state index contributed by atoms with van der Waals surface area (Å²) in [5.74, 6) is 0. The van der Waals surface area contributed by atoms with E-state index in [4.69, 9.17) is 0 Å². The van der Waals surface area contributed by atoms with E-state index in [2.05, 4.69) is 67.9 Å². The van der Waals surface area contributed by atoms with Gasteiger partial charge in [-0.1, -0.05) is 19.1 Å². The molecule has 0 aliphatic rings. The largest absolute Gasteiger partial charge is 0.313 e. The van der Waals surface area contributed by atoms with Crippen molar-refractivity contribution in [2.24, 2.45) is 0 Å². The Hall–Kier alpha value is -1.61. The lowest BCUT2D eigenvalue weighted by Crippen LogP contribution is -2.13. The zero-order valence-corrected chi connectivity index (χ0v) is 14.0. The molecule has 0 bridgehead atoms. The van der Waals surface area contributed by atoms with Gasteiger partial charge in [0.1, 0.15) is 0 Å². The normalized spacial score (nSPS) is 11.1. The molecule has 0 atom stereocenters. The predicted octanol–water partition coefficient (Wildman–Crippen LogP) is 3.99. The van der Waals surface area contributed by atoms with Crippen molar-refractivity contribution < 1.29 is 0 Å². The van der Waals surface area contributed by atoms with Crippen LogP contribution in [0.15, 0.2) is 18.2 Å². The van der Waals surface area contributed by atoms with Crippen molar-refractivity contribution in [3.05, 3.63) is 40.7 Å². The SMILES string of the molecule is CCCNCc1ccc(C)c(-c2c(C)nn(CC)c2C)c1. The minimum absolute atomic E-state index is 0.920. The van der Waals surface area contributed by atoms with Gasteiger partial charge in [0.25, 0.3) is 0 Å². The fourth-order valence-electron chi connectivity index (χ4n) is 2.85. The van der Waals surface area contributed by atoms with Crippen LogP contribution in [0.25, 0.3) is 11.1 Å². The molecule has 3 nitrogen and oxygen atoms in total. The quantitative estimate of drug-likeness (QED) is 0.813. The monoisotopic (exact) mass is 285 g/mol. The maximum Gasteiger partial charge on any atom is 0.0675 e. The first-order chi connectivity index (χ1) is 10.1. The molecule has 3 heteroatoms. The van der Waals surface area contributed by atoms with E-state index in [0.29, 0.717) is 0 Å². The summed E-state index contributed by atoms with van der Waals surface area (Å²) >= 11 is 0. The van der Waals surface area contributed by atoms with Gasteiger partial charge in [-0.25, -0.2) is 0 Å². The molecule has 0 saturated heterocycles. The van der Waals surface area contributed by atoms with E-state index in [9.17, 15) is 0 Å². The highest BCUT2D eigenvalue weighted by Crippen LogP contribution is 2.30. The van der Waals surface area contributed by atoms with Gasteiger partial charge in [0, 0.05) is 24.3 Å². The van der Waals surface area contributed by atoms with Crippen LogP contribution in [0, 0.1) is 20.8 Å². The van der Waals surface area contributed by atoms with Crippen LogP contribution in [-0.2, 0) is 13.1 Å². The Kier molecular flexibility index (Phi) is 5.18. The number of benzene rings is 1. The van der Waals surface area contributed by atoms with E-state index in [0.717, 1.165) is 25.3 Å². The van der Waals surface area contributed by atoms with E-state index >= 15 is 0 Å². The smallest absolute Gasteiger partial charge is 0.0675 e. The van der Waals surface area contributed by atoms with Gasteiger partial charge in [-0.05, 0) is 63.4 Å². The minimum atomic E-state index is 0.920. The van der Waals surface area contributed by atoms with E-state index < -0.39 is 0 Å². The zero-order valence-electron chi connectivity index (χ0n) is 14.0. The lowest BCUT2D eigenvalue weighted by Gasteiger charge is -2.11. The highest BCUT2D eigenvalue weighted by Gasteiger charge is 2.14. The first kappa shape index (κ1) is 15.8. The summed E-state index contributed by atoms with van der Waals surface area (Å²) in [6, 6.07) is 6.76. The molecule has 0 unspecified atom stereocenters. The zero-order chi connectivity index (χ0) is 15.4. The molecule has 2 rings (SSSR count). The van der Waals surface area contributed by atoms with E-state index in [1.54, 1.807) is 0 Å². The molecule has 0 aliphatic heterocycles. The average Bonchev–Trinajstić information content (AvgIpc) is 2.76. The molecule has 0 spiro atoms. The summed E-state index contributed by atoms with van der Waals surface area (Å²) in [6.07, 6.45) is 1.17. The summed E-state index contributed by atoms with van der Waals surface area (Å²) in [6.45, 7) is 13.7. The molecule has 1 heterocycles. The molecule has 0 fully saturated rings. The predicted molar refractivity (Wildman–Crippen MR) is 89.5 cm³/mol. The Bertz CT molecular complexity index is 611. The maximum atomic E-state index is 4.65. The molecule has 114 valence electrons. The van der Waals surface area contributed by atoms with Crippen LogP contribution < -0.4 is 5.32 Å². The van der Waals surface area contributed by atoms with Crippen molar-refractivity contribution in [2.45, 2.75) is 54.1 Å². The van der Waals surface area contributed by atoms with Crippen molar-refractivity contribution >= 4 is 0 Å². The second-order valence-electron chi connectivity index (χ2n) is 5.69. The van der Waals surface area contributed by atoms with Crippen LogP contribution in [0.4, 0.5) is 0 Å². The van der Waals surface area contributed by atoms with Crippen molar-refractivity contribution in [3.8, 4) is 11.1 Å². The summed E-state index contributed by atoms with van der Waals surface area (Å²) < 4.78 is 2.09. The van der Waals surface area contributed by atoms with Crippen LogP contribution in [0.5, 0.6) is 0 Å². The summed E-state index contributed by atoms with van der Waals surface area (Å²) in [7, 11) is 0. The van der Waals surface area contributed by atoms with Crippen molar-refractivity contribution in [3.63, 3.8) is 0 Å². The van der Waals surface area contributed by atoms with Gasteiger partial charge >= 0.3 is 0 Å². The van der Waals surface area contributed by atoms with Crippen LogP contribution in [0.2, 0.25) is 0 Å². The van der Waals surface area contributed by atoms with E-state index in [1.165, 1.54) is 34.4 Å². The first-order valence-electron chi connectivity index (χ1n) is 7.93. The van der Waals surface area contributed by atoms with Gasteiger partial charge in [-0.2, -0.15) is 5.10 Å². The third kappa shape index (κ3) is 3.35. The van der Waals surface area contributed by atoms with Gasteiger partial charge in [0.15, 0.2) is 0 Å². The molecule has 1 N–H and O–H groups in total. The molecule has 1 aromatic carbocycles. The van der Waals surface area contributed by atoms with Crippen molar-refractivity contribution in [2.75, 3.05) is 6.54 Å². The van der Waals surface area contributed by atoms with Crippen molar-refractivity contribution in [1.29, 1.82) is 0 Å². The molecular weight excluding hydrogens is 258 g/mol. The van der Waals surface area contributed by atoms with Gasteiger partial charge in [0.05, 0.1) is 5.69 Å². The maximum absolute atomic E-state index is 4.65. The second-order valence-corrected chi connectivity index (χ2v) is 5.69. The third-order valence-electron chi connectivity index (χ3n) is 4.01. The summed E-state index contributed by atoms with van der Waals surface area (Å²) in [5, 5.41) is 8.13. The molecule has 2 aromatic rings. The first-order valence-corrected chi connectivity index (χ1v) is 7.93. The number of aromatic nitrogens is 2. The summed E-state index contributed by atoms with van der Waals surface area (Å²) in [5.41, 5.74) is 7.66. The molecule has 0 amide bonds. The average molecular weight is 285 g/mol. The number of nitrogens with one attached hydrogen (secondary N) is 1. The number of hydrogen-bond donors (Lipinski definition) is 1. The van der Waals surface area contributed by atoms with Crippen LogP contribution in [0.1, 0.15) is 42.8 Å². The molecule has 1 aromatic heterocycles. The molecule has 21 heavy (non-hydrogen) atoms. The number of aryl methyl sites for hydroxylation is 3. The van der Waals surface area contributed by atoms with Gasteiger partial charge in [-0.3, -0.25) is 4.68 Å². The molecule has 0 radical (unpaired) electrons. The Labute approximate surface area is 128 Å². The van der Waals surface area contributed by atoms with Crippen LogP contribution in [0.3, 0.4) is 0 Å². The van der Waals surface area contributed by atoms with Gasteiger partial charge in [0.2, 0.25) is 0 Å². The van der Waals surface area contributed by atoms with E-state index in [1.807, 2.05) is 0 Å². The fourth-order valence-corrected chi connectivity index (χ4v) is 2.85. The van der Waals surface area contributed by atoms with Crippen LogP contribution >= 0.6 is 0 Å². The lowest BCUT2D eigenvalue weighted by atomic mass is 9.96. The lowest BCUT2D eigenvalue weighted by molar-refractivity contribution is 0.634.